The molecular weight excluding hydrogens is 560 g/mol. The first-order valence-electron chi connectivity index (χ1n) is 15.0. The van der Waals surface area contributed by atoms with E-state index in [-0.39, 0.29) is 11.8 Å². The number of nitrogens with zero attached hydrogens (tertiary/aromatic N) is 2. The highest BCUT2D eigenvalue weighted by Gasteiger charge is 2.26. The van der Waals surface area contributed by atoms with Gasteiger partial charge in [0.2, 0.25) is 11.7 Å². The molecule has 1 aliphatic heterocycles. The molecule has 3 aromatic rings. The quantitative estimate of drug-likeness (QED) is 0.223. The van der Waals surface area contributed by atoms with Gasteiger partial charge in [-0.15, -0.1) is 0 Å². The summed E-state index contributed by atoms with van der Waals surface area (Å²) in [5.74, 6) is 2.50. The Morgan fingerprint density at radius 2 is 1.32 bits per heavy atom. The number of ether oxygens (including phenoxy) is 5. The van der Waals surface area contributed by atoms with Crippen molar-refractivity contribution in [3.8, 4) is 39.9 Å². The summed E-state index contributed by atoms with van der Waals surface area (Å²) >= 11 is 0. The van der Waals surface area contributed by atoms with E-state index >= 15 is 0 Å². The molecule has 0 spiro atoms. The van der Waals surface area contributed by atoms with Crippen molar-refractivity contribution in [1.82, 2.24) is 9.80 Å². The summed E-state index contributed by atoms with van der Waals surface area (Å²) in [6, 6.07) is 17.3. The summed E-state index contributed by atoms with van der Waals surface area (Å²) < 4.78 is 28.0. The molecule has 0 N–H and O–H groups in total. The molecule has 2 amide bonds. The van der Waals surface area contributed by atoms with Gasteiger partial charge in [0, 0.05) is 37.8 Å². The molecule has 0 aromatic heterocycles. The van der Waals surface area contributed by atoms with Gasteiger partial charge in [0.05, 0.1) is 34.5 Å². The minimum atomic E-state index is -0.156. The Bertz CT molecular complexity index is 1440. The van der Waals surface area contributed by atoms with E-state index in [2.05, 4.69) is 13.8 Å². The van der Waals surface area contributed by atoms with Gasteiger partial charge in [-0.25, -0.2) is 0 Å². The van der Waals surface area contributed by atoms with E-state index in [1.165, 1.54) is 21.3 Å². The van der Waals surface area contributed by atoms with Crippen LogP contribution in [0.4, 0.5) is 0 Å². The van der Waals surface area contributed by atoms with Crippen LogP contribution < -0.4 is 23.7 Å². The van der Waals surface area contributed by atoms with Crippen molar-refractivity contribution in [1.29, 1.82) is 0 Å². The highest BCUT2D eigenvalue weighted by Crippen LogP contribution is 2.38. The van der Waals surface area contributed by atoms with Crippen molar-refractivity contribution < 1.29 is 33.3 Å². The lowest BCUT2D eigenvalue weighted by Gasteiger charge is -2.34. The predicted molar refractivity (Wildman–Crippen MR) is 171 cm³/mol. The molecule has 1 heterocycles. The molecule has 0 saturated carbocycles. The van der Waals surface area contributed by atoms with Gasteiger partial charge in [0.1, 0.15) is 0 Å². The van der Waals surface area contributed by atoms with Crippen LogP contribution in [0.1, 0.15) is 42.6 Å². The fraction of sp³-hybridized carbons (Fsp3) is 0.371. The van der Waals surface area contributed by atoms with Crippen molar-refractivity contribution in [3.05, 3.63) is 71.8 Å². The Kier molecular flexibility index (Phi) is 11.5. The molecule has 1 saturated heterocycles. The first-order valence-corrected chi connectivity index (χ1v) is 15.0. The van der Waals surface area contributed by atoms with Gasteiger partial charge in [-0.05, 0) is 65.9 Å². The van der Waals surface area contributed by atoms with Crippen LogP contribution in [0.2, 0.25) is 0 Å². The number of carbonyl (C=O) groups excluding carboxylic acids is 2. The van der Waals surface area contributed by atoms with Crippen LogP contribution in [0.15, 0.2) is 60.7 Å². The monoisotopic (exact) mass is 602 g/mol. The summed E-state index contributed by atoms with van der Waals surface area (Å²) in [6.07, 6.45) is 5.24. The molecule has 0 bridgehead atoms. The highest BCUT2D eigenvalue weighted by atomic mass is 16.5. The van der Waals surface area contributed by atoms with Crippen LogP contribution in [0, 0.1) is 0 Å². The molecule has 0 unspecified atom stereocenters. The number of methoxy groups -OCH3 is 3. The Labute approximate surface area is 259 Å². The maximum Gasteiger partial charge on any atom is 0.254 e. The second-order valence-electron chi connectivity index (χ2n) is 10.3. The number of carbonyl (C=O) groups is 2. The molecule has 234 valence electrons. The predicted octanol–water partition coefficient (Wildman–Crippen LogP) is 5.95. The topological polar surface area (TPSA) is 86.8 Å². The van der Waals surface area contributed by atoms with Crippen LogP contribution in [-0.2, 0) is 4.79 Å². The average Bonchev–Trinajstić information content (AvgIpc) is 3.07. The Hall–Kier alpha value is -4.66. The fourth-order valence-corrected chi connectivity index (χ4v) is 4.96. The van der Waals surface area contributed by atoms with Crippen LogP contribution in [0.5, 0.6) is 28.7 Å². The van der Waals surface area contributed by atoms with Crippen molar-refractivity contribution >= 4 is 17.9 Å². The molecule has 0 aliphatic carbocycles. The first kappa shape index (κ1) is 32.3. The van der Waals surface area contributed by atoms with Gasteiger partial charge in [0.25, 0.3) is 5.91 Å². The molecular formula is C35H42N2O7. The van der Waals surface area contributed by atoms with E-state index in [1.54, 1.807) is 28.0 Å². The number of benzene rings is 3. The van der Waals surface area contributed by atoms with Crippen LogP contribution >= 0.6 is 0 Å². The number of hydrogen-bond donors (Lipinski definition) is 0. The highest BCUT2D eigenvalue weighted by molar-refractivity contribution is 5.96. The maximum atomic E-state index is 13.3. The largest absolute Gasteiger partial charge is 0.493 e. The number of amides is 2. The van der Waals surface area contributed by atoms with E-state index < -0.39 is 0 Å². The zero-order chi connectivity index (χ0) is 31.5. The Morgan fingerprint density at radius 1 is 0.705 bits per heavy atom. The van der Waals surface area contributed by atoms with E-state index in [9.17, 15) is 9.59 Å². The molecule has 0 atom stereocenters. The van der Waals surface area contributed by atoms with Crippen molar-refractivity contribution in [3.63, 3.8) is 0 Å². The van der Waals surface area contributed by atoms with Gasteiger partial charge in [0.15, 0.2) is 23.0 Å². The number of piperazine rings is 1. The summed E-state index contributed by atoms with van der Waals surface area (Å²) in [7, 11) is 4.55. The molecule has 44 heavy (non-hydrogen) atoms. The molecule has 1 fully saturated rings. The molecule has 0 radical (unpaired) electrons. The number of rotatable bonds is 13. The maximum absolute atomic E-state index is 13.3. The summed E-state index contributed by atoms with van der Waals surface area (Å²) in [5, 5.41) is 0. The van der Waals surface area contributed by atoms with Crippen molar-refractivity contribution in [2.75, 3.05) is 60.7 Å². The van der Waals surface area contributed by atoms with E-state index in [4.69, 9.17) is 23.7 Å². The molecule has 9 heteroatoms. The van der Waals surface area contributed by atoms with Crippen molar-refractivity contribution in [2.24, 2.45) is 0 Å². The molecule has 1 aliphatic rings. The lowest BCUT2D eigenvalue weighted by molar-refractivity contribution is -0.127. The Morgan fingerprint density at radius 3 is 1.93 bits per heavy atom. The molecule has 3 aromatic carbocycles. The third-order valence-corrected chi connectivity index (χ3v) is 7.30. The minimum Gasteiger partial charge on any atom is -0.493 e. The fourth-order valence-electron chi connectivity index (χ4n) is 4.96. The lowest BCUT2D eigenvalue weighted by Crippen LogP contribution is -2.50. The molecule has 4 rings (SSSR count). The van der Waals surface area contributed by atoms with Crippen LogP contribution in [0.3, 0.4) is 0 Å². The van der Waals surface area contributed by atoms with Crippen LogP contribution in [0.25, 0.3) is 17.2 Å². The van der Waals surface area contributed by atoms with E-state index in [1.807, 2.05) is 48.5 Å². The summed E-state index contributed by atoms with van der Waals surface area (Å²) in [4.78, 5) is 29.8. The van der Waals surface area contributed by atoms with Gasteiger partial charge in [-0.3, -0.25) is 9.59 Å². The van der Waals surface area contributed by atoms with Gasteiger partial charge < -0.3 is 33.5 Å². The van der Waals surface area contributed by atoms with Crippen molar-refractivity contribution in [2.45, 2.75) is 26.7 Å². The SMILES string of the molecule is CCCOc1ccc(-c2cccc(C=CC(=O)N3CCN(C(=O)c4cc(OC)c(OC)c(OC)c4)CC3)c2)cc1OCCC. The summed E-state index contributed by atoms with van der Waals surface area (Å²) in [5.41, 5.74) is 3.37. The lowest BCUT2D eigenvalue weighted by atomic mass is 10.0. The zero-order valence-electron chi connectivity index (χ0n) is 26.3. The van der Waals surface area contributed by atoms with E-state index in [0.717, 1.165) is 41.0 Å². The third-order valence-electron chi connectivity index (χ3n) is 7.30. The second-order valence-corrected chi connectivity index (χ2v) is 10.3. The molecule has 9 nitrogen and oxygen atoms in total. The second kappa shape index (κ2) is 15.7. The summed E-state index contributed by atoms with van der Waals surface area (Å²) in [6.45, 7) is 7.11. The minimum absolute atomic E-state index is 0.0945. The average molecular weight is 603 g/mol. The Balaban J connectivity index is 1.39. The first-order chi connectivity index (χ1) is 21.4. The van der Waals surface area contributed by atoms with Gasteiger partial charge in [-0.1, -0.05) is 38.1 Å². The normalized spacial score (nSPS) is 13.1. The smallest absolute Gasteiger partial charge is 0.254 e. The van der Waals surface area contributed by atoms with Gasteiger partial charge >= 0.3 is 0 Å². The van der Waals surface area contributed by atoms with Gasteiger partial charge in [-0.2, -0.15) is 0 Å². The zero-order valence-corrected chi connectivity index (χ0v) is 26.3. The number of hydrogen-bond acceptors (Lipinski definition) is 7. The third kappa shape index (κ3) is 7.83. The van der Waals surface area contributed by atoms with Crippen LogP contribution in [-0.4, -0.2) is 82.3 Å². The standard InChI is InChI=1S/C35H42N2O7/c1-6-19-43-29-13-12-27(22-30(29)44-20-7-2)26-10-8-9-25(21-26)11-14-33(38)36-15-17-37(18-16-36)35(39)28-23-31(40-3)34(42-5)32(24-28)41-4/h8-14,21-24H,6-7,15-20H2,1-5H3. The van der Waals surface area contributed by atoms with E-state index in [0.29, 0.717) is 62.2 Å².